The molecule has 2 aliphatic heterocycles. The lowest BCUT2D eigenvalue weighted by Crippen LogP contribution is -2.55. The van der Waals surface area contributed by atoms with Gasteiger partial charge in [0.25, 0.3) is 0 Å². The molecule has 2 N–H and O–H groups in total. The summed E-state index contributed by atoms with van der Waals surface area (Å²) in [7, 11) is 0. The van der Waals surface area contributed by atoms with E-state index in [-0.39, 0.29) is 29.3 Å². The van der Waals surface area contributed by atoms with E-state index in [0.717, 1.165) is 51.7 Å². The molecule has 5 heteroatoms. The Bertz CT molecular complexity index is 848. The summed E-state index contributed by atoms with van der Waals surface area (Å²) in [6.45, 7) is 8.22. The second-order valence-electron chi connectivity index (χ2n) is 10.7. The maximum Gasteiger partial charge on any atom is 0.311 e. The van der Waals surface area contributed by atoms with Gasteiger partial charge in [0.05, 0.1) is 12.0 Å². The third-order valence-electron chi connectivity index (χ3n) is 9.03. The fraction of sp³-hybridized carbons (Fsp3) is 0.667. The molecule has 1 aromatic rings. The van der Waals surface area contributed by atoms with Crippen molar-refractivity contribution in [2.45, 2.75) is 70.7 Å². The van der Waals surface area contributed by atoms with Crippen LogP contribution in [0.2, 0.25) is 0 Å². The fourth-order valence-electron chi connectivity index (χ4n) is 6.73. The van der Waals surface area contributed by atoms with Gasteiger partial charge in [0, 0.05) is 36.9 Å². The zero-order valence-electron chi connectivity index (χ0n) is 19.5. The van der Waals surface area contributed by atoms with Gasteiger partial charge in [0.15, 0.2) is 0 Å². The molecule has 2 saturated heterocycles. The highest BCUT2D eigenvalue weighted by Gasteiger charge is 2.59. The SMILES string of the molecule is C[C@H]1CCC=C2C[C@H]3OC(=O)[C@H](CNC4CCN(Cc5ccccc5)CC4)[C@H]3[C@@H](O)[C@@]21C. The minimum Gasteiger partial charge on any atom is -0.461 e. The van der Waals surface area contributed by atoms with Crippen molar-refractivity contribution in [1.82, 2.24) is 10.2 Å². The monoisotopic (exact) mass is 438 g/mol. The average Bonchev–Trinajstić information content (AvgIpc) is 3.11. The van der Waals surface area contributed by atoms with Gasteiger partial charge in [0.1, 0.15) is 6.10 Å². The van der Waals surface area contributed by atoms with Crippen molar-refractivity contribution >= 4 is 5.97 Å². The first kappa shape index (κ1) is 22.1. The number of piperidine rings is 1. The predicted octanol–water partition coefficient (Wildman–Crippen LogP) is 3.53. The summed E-state index contributed by atoms with van der Waals surface area (Å²) in [6.07, 6.45) is 6.76. The molecule has 2 heterocycles. The molecule has 5 rings (SSSR count). The molecule has 0 bridgehead atoms. The second kappa shape index (κ2) is 8.92. The molecule has 0 spiro atoms. The van der Waals surface area contributed by atoms with E-state index >= 15 is 0 Å². The van der Waals surface area contributed by atoms with E-state index in [2.05, 4.69) is 60.5 Å². The van der Waals surface area contributed by atoms with Gasteiger partial charge in [-0.15, -0.1) is 0 Å². The number of carbonyl (C=O) groups excluding carboxylic acids is 1. The number of carbonyl (C=O) groups is 1. The van der Waals surface area contributed by atoms with E-state index in [1.165, 1.54) is 11.1 Å². The quantitative estimate of drug-likeness (QED) is 0.544. The highest BCUT2D eigenvalue weighted by molar-refractivity contribution is 5.76. The lowest BCUT2D eigenvalue weighted by molar-refractivity contribution is -0.144. The average molecular weight is 439 g/mol. The Balaban J connectivity index is 1.18. The first-order chi connectivity index (χ1) is 15.5. The number of hydrogen-bond acceptors (Lipinski definition) is 5. The number of nitrogens with zero attached hydrogens (tertiary/aromatic N) is 1. The fourth-order valence-corrected chi connectivity index (χ4v) is 6.73. The molecule has 1 saturated carbocycles. The maximum absolute atomic E-state index is 12.8. The molecule has 0 unspecified atom stereocenters. The Labute approximate surface area is 192 Å². The van der Waals surface area contributed by atoms with E-state index in [9.17, 15) is 9.90 Å². The van der Waals surface area contributed by atoms with Crippen LogP contribution in [0.25, 0.3) is 0 Å². The normalized spacial score (nSPS) is 38.0. The number of esters is 1. The second-order valence-corrected chi connectivity index (χ2v) is 10.7. The number of rotatable bonds is 5. The van der Waals surface area contributed by atoms with E-state index in [4.69, 9.17) is 4.74 Å². The largest absolute Gasteiger partial charge is 0.461 e. The van der Waals surface area contributed by atoms with Crippen LogP contribution in [0, 0.1) is 23.2 Å². The van der Waals surface area contributed by atoms with Crippen molar-refractivity contribution in [3.8, 4) is 0 Å². The molecular weight excluding hydrogens is 400 g/mol. The van der Waals surface area contributed by atoms with Gasteiger partial charge in [-0.2, -0.15) is 0 Å². The minimum atomic E-state index is -0.520. The Morgan fingerprint density at radius 3 is 2.69 bits per heavy atom. The molecular formula is C27H38N2O3. The van der Waals surface area contributed by atoms with E-state index in [0.29, 0.717) is 18.5 Å². The van der Waals surface area contributed by atoms with Crippen LogP contribution in [0.1, 0.15) is 51.5 Å². The number of ether oxygens (including phenoxy) is 1. The van der Waals surface area contributed by atoms with Gasteiger partial charge in [-0.3, -0.25) is 9.69 Å². The topological polar surface area (TPSA) is 61.8 Å². The minimum absolute atomic E-state index is 0.101. The molecule has 0 radical (unpaired) electrons. The zero-order chi connectivity index (χ0) is 22.3. The number of hydrogen-bond donors (Lipinski definition) is 2. The van der Waals surface area contributed by atoms with Crippen molar-refractivity contribution in [3.05, 3.63) is 47.5 Å². The highest BCUT2D eigenvalue weighted by Crippen LogP contribution is 2.55. The van der Waals surface area contributed by atoms with Gasteiger partial charge < -0.3 is 15.2 Å². The van der Waals surface area contributed by atoms with Gasteiger partial charge in [0.2, 0.25) is 0 Å². The van der Waals surface area contributed by atoms with Crippen LogP contribution in [-0.4, -0.2) is 53.9 Å². The summed E-state index contributed by atoms with van der Waals surface area (Å²) in [4.78, 5) is 15.3. The van der Waals surface area contributed by atoms with Crippen LogP contribution >= 0.6 is 0 Å². The van der Waals surface area contributed by atoms with E-state index < -0.39 is 6.10 Å². The number of benzene rings is 1. The lowest BCUT2D eigenvalue weighted by atomic mass is 9.55. The standard InChI is InChI=1S/C27H38N2O3/c1-18-7-6-10-20-15-23-24(25(30)27(18,20)2)22(26(31)32-23)16-28-21-11-13-29(14-12-21)17-19-8-4-3-5-9-19/h3-5,8-10,18,21-25,28,30H,6-7,11-17H2,1-2H3/t18-,22+,23+,24+,25+,27+/m0/s1. The van der Waals surface area contributed by atoms with Crippen molar-refractivity contribution in [1.29, 1.82) is 0 Å². The van der Waals surface area contributed by atoms with Gasteiger partial charge in [-0.1, -0.05) is 55.8 Å². The Hall–Kier alpha value is -1.69. The third-order valence-corrected chi connectivity index (χ3v) is 9.03. The summed E-state index contributed by atoms with van der Waals surface area (Å²) in [5, 5.41) is 15.2. The van der Waals surface area contributed by atoms with Crippen LogP contribution in [0.4, 0.5) is 0 Å². The zero-order valence-corrected chi connectivity index (χ0v) is 19.5. The van der Waals surface area contributed by atoms with Crippen LogP contribution in [0.5, 0.6) is 0 Å². The van der Waals surface area contributed by atoms with Gasteiger partial charge >= 0.3 is 5.97 Å². The summed E-state index contributed by atoms with van der Waals surface area (Å²) in [5.41, 5.74) is 2.44. The molecule has 0 aromatic heterocycles. The first-order valence-corrected chi connectivity index (χ1v) is 12.5. The number of aliphatic hydroxyl groups is 1. The van der Waals surface area contributed by atoms with E-state index in [1.807, 2.05) is 0 Å². The van der Waals surface area contributed by atoms with Crippen molar-refractivity contribution in [2.75, 3.05) is 19.6 Å². The number of aliphatic hydroxyl groups excluding tert-OH is 1. The third kappa shape index (κ3) is 3.93. The lowest BCUT2D eigenvalue weighted by Gasteiger charge is -2.51. The molecule has 2 aliphatic carbocycles. The maximum atomic E-state index is 12.8. The van der Waals surface area contributed by atoms with Gasteiger partial charge in [-0.05, 0) is 50.3 Å². The first-order valence-electron chi connectivity index (χ1n) is 12.5. The van der Waals surface area contributed by atoms with Crippen LogP contribution in [-0.2, 0) is 16.1 Å². The highest BCUT2D eigenvalue weighted by atomic mass is 16.6. The summed E-state index contributed by atoms with van der Waals surface area (Å²) in [5.74, 6) is -0.0408. The van der Waals surface area contributed by atoms with Gasteiger partial charge in [-0.25, -0.2) is 0 Å². The van der Waals surface area contributed by atoms with Crippen molar-refractivity contribution in [3.63, 3.8) is 0 Å². The Kier molecular flexibility index (Phi) is 6.17. The summed E-state index contributed by atoms with van der Waals surface area (Å²) >= 11 is 0. The number of likely N-dealkylation sites (tertiary alicyclic amines) is 1. The van der Waals surface area contributed by atoms with Crippen LogP contribution < -0.4 is 5.32 Å². The Morgan fingerprint density at radius 1 is 1.19 bits per heavy atom. The molecule has 5 nitrogen and oxygen atoms in total. The predicted molar refractivity (Wildman–Crippen MR) is 125 cm³/mol. The summed E-state index contributed by atoms with van der Waals surface area (Å²) in [6, 6.07) is 11.1. The number of fused-ring (bicyclic) bond motifs is 2. The van der Waals surface area contributed by atoms with E-state index in [1.54, 1.807) is 0 Å². The smallest absolute Gasteiger partial charge is 0.311 e. The Morgan fingerprint density at radius 2 is 1.94 bits per heavy atom. The molecule has 3 fully saturated rings. The molecule has 0 amide bonds. The van der Waals surface area contributed by atoms with Crippen LogP contribution in [0.3, 0.4) is 0 Å². The molecule has 1 aromatic carbocycles. The van der Waals surface area contributed by atoms with Crippen molar-refractivity contribution < 1.29 is 14.6 Å². The molecule has 4 aliphatic rings. The molecule has 6 atom stereocenters. The number of nitrogens with one attached hydrogen (secondary N) is 1. The van der Waals surface area contributed by atoms with Crippen molar-refractivity contribution in [2.24, 2.45) is 23.2 Å². The number of allylic oxidation sites excluding steroid dienone is 1. The molecule has 32 heavy (non-hydrogen) atoms. The molecule has 174 valence electrons. The van der Waals surface area contributed by atoms with Crippen LogP contribution in [0.15, 0.2) is 42.0 Å². The summed E-state index contributed by atoms with van der Waals surface area (Å²) < 4.78 is 5.81.